The highest BCUT2D eigenvalue weighted by molar-refractivity contribution is 5.92. The summed E-state index contributed by atoms with van der Waals surface area (Å²) in [6, 6.07) is 24.5. The van der Waals surface area contributed by atoms with E-state index >= 15 is 0 Å². The highest BCUT2D eigenvalue weighted by Crippen LogP contribution is 2.24. The summed E-state index contributed by atoms with van der Waals surface area (Å²) in [7, 11) is 0. The monoisotopic (exact) mass is 639 g/mol. The molecule has 0 atom stereocenters. The van der Waals surface area contributed by atoms with Crippen LogP contribution in [0.25, 0.3) is 21.9 Å². The summed E-state index contributed by atoms with van der Waals surface area (Å²) in [6.45, 7) is 3.22. The average Bonchev–Trinajstić information content (AvgIpc) is 3.40. The lowest BCUT2D eigenvalue weighted by atomic mass is 10.0. The van der Waals surface area contributed by atoms with Crippen molar-refractivity contribution in [3.05, 3.63) is 114 Å². The highest BCUT2D eigenvalue weighted by Gasteiger charge is 2.22. The number of hydrogen-bond donors (Lipinski definition) is 4. The number of piperidine rings is 1. The number of fused-ring (bicyclic) bond motifs is 2. The zero-order valence-corrected chi connectivity index (χ0v) is 25.4. The summed E-state index contributed by atoms with van der Waals surface area (Å²) in [5.41, 5.74) is 4.61. The van der Waals surface area contributed by atoms with Crippen LogP contribution in [0.3, 0.4) is 0 Å². The lowest BCUT2D eigenvalue weighted by molar-refractivity contribution is -0.134. The zero-order valence-electron chi connectivity index (χ0n) is 25.4. The molecule has 0 unspecified atom stereocenters. The molecule has 0 bridgehead atoms. The highest BCUT2D eigenvalue weighted by atomic mass is 19.1. The molecule has 47 heavy (non-hydrogen) atoms. The van der Waals surface area contributed by atoms with Crippen molar-refractivity contribution in [2.75, 3.05) is 25.0 Å². The van der Waals surface area contributed by atoms with Crippen LogP contribution < -0.4 is 5.32 Å². The van der Waals surface area contributed by atoms with E-state index in [-0.39, 0.29) is 17.6 Å². The number of halogens is 1. The largest absolute Gasteiger partial charge is 0.478 e. The number of aliphatic carboxylic acids is 2. The van der Waals surface area contributed by atoms with Gasteiger partial charge in [-0.2, -0.15) is 0 Å². The number of para-hydroxylation sites is 3. The number of nitrogens with zero attached hydrogens (tertiary/aromatic N) is 4. The minimum Gasteiger partial charge on any atom is -0.478 e. The van der Waals surface area contributed by atoms with Crippen molar-refractivity contribution in [2.45, 2.75) is 31.8 Å². The topological polar surface area (TPSA) is 158 Å². The van der Waals surface area contributed by atoms with Gasteiger partial charge in [-0.1, -0.05) is 42.5 Å². The van der Waals surface area contributed by atoms with Gasteiger partial charge >= 0.3 is 17.9 Å². The third-order valence-electron chi connectivity index (χ3n) is 7.90. The molecule has 2 aromatic heterocycles. The number of aromatic nitrogens is 3. The maximum absolute atomic E-state index is 13.4. The fraction of sp³-hybridized carbons (Fsp3) is 0.229. The molecule has 1 aliphatic heterocycles. The smallest absolute Gasteiger partial charge is 0.354 e. The second-order valence-corrected chi connectivity index (χ2v) is 11.2. The van der Waals surface area contributed by atoms with Crippen molar-refractivity contribution < 1.29 is 34.1 Å². The summed E-state index contributed by atoms with van der Waals surface area (Å²) in [4.78, 5) is 42.6. The Balaban J connectivity index is 0.000000483. The van der Waals surface area contributed by atoms with Crippen LogP contribution in [-0.4, -0.2) is 78.3 Å². The van der Waals surface area contributed by atoms with Crippen LogP contribution in [0.5, 0.6) is 0 Å². The Morgan fingerprint density at radius 1 is 0.851 bits per heavy atom. The summed E-state index contributed by atoms with van der Waals surface area (Å²) in [5.74, 6) is -2.91. The molecule has 0 amide bonds. The van der Waals surface area contributed by atoms with E-state index in [1.54, 1.807) is 0 Å². The standard InChI is InChI=1S/C31H30FN5O2.C4H4O4/c32-24-11-9-21(10-12-24)20-37-28-8-4-3-7-27(28)35-31(37)33-25-14-17-36(18-15-25)16-13-23-19-22-5-1-2-6-26(22)34-29(23)30(38)39;5-3(6)1-2-4(7)8/h1-12,19,25H,13-18,20H2,(H,33,35)(H,38,39);1-2H,(H,5,6)(H,7,8)/b;2-1+. The minimum atomic E-state index is -1.26. The second kappa shape index (κ2) is 15.1. The van der Waals surface area contributed by atoms with E-state index < -0.39 is 17.9 Å². The number of benzene rings is 3. The molecule has 0 saturated carbocycles. The van der Waals surface area contributed by atoms with Crippen LogP contribution in [0.15, 0.2) is 91.0 Å². The molecule has 1 saturated heterocycles. The summed E-state index contributed by atoms with van der Waals surface area (Å²) >= 11 is 0. The van der Waals surface area contributed by atoms with Crippen molar-refractivity contribution in [1.29, 1.82) is 0 Å². The predicted octanol–water partition coefficient (Wildman–Crippen LogP) is 5.30. The van der Waals surface area contributed by atoms with E-state index in [0.717, 1.165) is 66.0 Å². The molecule has 6 rings (SSSR count). The Labute approximate surface area is 269 Å². The number of hydrogen-bond acceptors (Lipinski definition) is 7. The first kappa shape index (κ1) is 32.8. The first-order valence-corrected chi connectivity index (χ1v) is 15.1. The molecule has 3 heterocycles. The molecule has 11 nitrogen and oxygen atoms in total. The molecule has 5 aromatic rings. The lowest BCUT2D eigenvalue weighted by Gasteiger charge is -2.32. The number of aromatic carboxylic acids is 1. The van der Waals surface area contributed by atoms with Crippen LogP contribution in [0.4, 0.5) is 10.3 Å². The second-order valence-electron chi connectivity index (χ2n) is 11.2. The molecule has 1 fully saturated rings. The zero-order chi connectivity index (χ0) is 33.3. The Hall–Kier alpha value is -5.62. The summed E-state index contributed by atoms with van der Waals surface area (Å²) < 4.78 is 15.6. The van der Waals surface area contributed by atoms with Crippen LogP contribution >= 0.6 is 0 Å². The van der Waals surface area contributed by atoms with Gasteiger partial charge in [-0.3, -0.25) is 0 Å². The van der Waals surface area contributed by atoms with Gasteiger partial charge in [0.25, 0.3) is 0 Å². The van der Waals surface area contributed by atoms with Gasteiger partial charge in [0.2, 0.25) is 5.95 Å². The molecule has 0 aliphatic carbocycles. The van der Waals surface area contributed by atoms with Crippen LogP contribution in [0, 0.1) is 5.82 Å². The van der Waals surface area contributed by atoms with E-state index in [9.17, 15) is 23.9 Å². The van der Waals surface area contributed by atoms with Gasteiger partial charge in [0.15, 0.2) is 5.69 Å². The van der Waals surface area contributed by atoms with Crippen molar-refractivity contribution in [3.8, 4) is 0 Å². The fourth-order valence-corrected chi connectivity index (χ4v) is 5.56. The predicted molar refractivity (Wildman–Crippen MR) is 175 cm³/mol. The van der Waals surface area contributed by atoms with Gasteiger partial charge in [-0.15, -0.1) is 0 Å². The van der Waals surface area contributed by atoms with Gasteiger partial charge in [0.1, 0.15) is 5.82 Å². The van der Waals surface area contributed by atoms with Crippen molar-refractivity contribution >= 4 is 45.8 Å². The van der Waals surface area contributed by atoms with Gasteiger partial charge in [-0.25, -0.2) is 28.7 Å². The number of pyridine rings is 1. The number of carbonyl (C=O) groups is 3. The number of carboxylic acids is 3. The molecule has 4 N–H and O–H groups in total. The van der Waals surface area contributed by atoms with E-state index in [1.807, 2.05) is 60.7 Å². The minimum absolute atomic E-state index is 0.144. The molecular weight excluding hydrogens is 605 g/mol. The number of rotatable bonds is 10. The quantitative estimate of drug-likeness (QED) is 0.148. The van der Waals surface area contributed by atoms with Gasteiger partial charge in [0.05, 0.1) is 23.1 Å². The Bertz CT molecular complexity index is 1900. The molecule has 242 valence electrons. The molecule has 12 heteroatoms. The Morgan fingerprint density at radius 3 is 2.15 bits per heavy atom. The van der Waals surface area contributed by atoms with Crippen LogP contribution in [-0.2, 0) is 22.6 Å². The lowest BCUT2D eigenvalue weighted by Crippen LogP contribution is -2.40. The van der Waals surface area contributed by atoms with Crippen molar-refractivity contribution in [2.24, 2.45) is 0 Å². The first-order chi connectivity index (χ1) is 22.7. The van der Waals surface area contributed by atoms with E-state index in [4.69, 9.17) is 15.2 Å². The van der Waals surface area contributed by atoms with Crippen molar-refractivity contribution in [3.63, 3.8) is 0 Å². The third-order valence-corrected chi connectivity index (χ3v) is 7.90. The molecule has 1 aliphatic rings. The Kier molecular flexibility index (Phi) is 10.5. The van der Waals surface area contributed by atoms with E-state index in [1.165, 1.54) is 12.1 Å². The summed E-state index contributed by atoms with van der Waals surface area (Å²) in [5, 5.41) is 30.0. The Morgan fingerprint density at radius 2 is 1.49 bits per heavy atom. The fourth-order valence-electron chi connectivity index (χ4n) is 5.56. The van der Waals surface area contributed by atoms with Crippen molar-refractivity contribution in [1.82, 2.24) is 19.4 Å². The molecule has 0 radical (unpaired) electrons. The van der Waals surface area contributed by atoms with Crippen LogP contribution in [0.1, 0.15) is 34.5 Å². The molecule has 0 spiro atoms. The average molecular weight is 640 g/mol. The normalized spacial score (nSPS) is 13.8. The van der Waals surface area contributed by atoms with Gasteiger partial charge in [-0.05, 0) is 66.8 Å². The number of imidazole rings is 1. The van der Waals surface area contributed by atoms with E-state index in [2.05, 4.69) is 25.8 Å². The molecule has 3 aromatic carbocycles. The SMILES string of the molecule is O=C(O)/C=C/C(=O)O.O=C(O)c1nc2ccccc2cc1CCN1CCC(Nc2nc3ccccc3n2Cc2ccc(F)cc2)CC1. The van der Waals surface area contributed by atoms with E-state index in [0.29, 0.717) is 30.6 Å². The third kappa shape index (κ3) is 8.76. The number of carboxylic acid groups (broad SMARTS) is 3. The molecular formula is C35H34FN5O6. The number of nitrogens with one attached hydrogen (secondary N) is 1. The summed E-state index contributed by atoms with van der Waals surface area (Å²) in [6.07, 6.45) is 3.68. The van der Waals surface area contributed by atoms with Gasteiger partial charge < -0.3 is 30.1 Å². The first-order valence-electron chi connectivity index (χ1n) is 15.1. The maximum atomic E-state index is 13.4. The number of anilines is 1. The van der Waals surface area contributed by atoms with Crippen LogP contribution in [0.2, 0.25) is 0 Å². The maximum Gasteiger partial charge on any atom is 0.354 e. The van der Waals surface area contributed by atoms with Gasteiger partial charge in [0, 0.05) is 43.2 Å². The number of likely N-dealkylation sites (tertiary alicyclic amines) is 1.